The van der Waals surface area contributed by atoms with Crippen LogP contribution in [-0.2, 0) is 7.05 Å². The minimum absolute atomic E-state index is 0.401. The first kappa shape index (κ1) is 13.1. The number of nitrogens with two attached hydrogens (primary N) is 1. The summed E-state index contributed by atoms with van der Waals surface area (Å²) in [5.74, 6) is 6.39. The van der Waals surface area contributed by atoms with Crippen LogP contribution in [0, 0.1) is 6.92 Å². The summed E-state index contributed by atoms with van der Waals surface area (Å²) in [6.07, 6.45) is 9.39. The van der Waals surface area contributed by atoms with Gasteiger partial charge in [0, 0.05) is 12.7 Å². The van der Waals surface area contributed by atoms with E-state index in [0.29, 0.717) is 6.04 Å². The highest BCUT2D eigenvalue weighted by atomic mass is 15.3. The molecule has 1 heterocycles. The molecule has 0 amide bonds. The highest BCUT2D eigenvalue weighted by Gasteiger charge is 2.15. The van der Waals surface area contributed by atoms with Crippen molar-refractivity contribution in [2.45, 2.75) is 51.5 Å². The predicted octanol–water partition coefficient (Wildman–Crippen LogP) is 1.66. The highest BCUT2D eigenvalue weighted by molar-refractivity contribution is 5.99. The number of amidine groups is 1. The SMILES string of the molecule is Cc1c(C(=NC2CCCCCC2)NN)cnn1C. The maximum absolute atomic E-state index is 5.62. The van der Waals surface area contributed by atoms with Crippen molar-refractivity contribution in [1.82, 2.24) is 15.2 Å². The van der Waals surface area contributed by atoms with Gasteiger partial charge in [0.15, 0.2) is 0 Å². The fourth-order valence-corrected chi connectivity index (χ4v) is 2.49. The second-order valence-electron chi connectivity index (χ2n) is 5.03. The van der Waals surface area contributed by atoms with Gasteiger partial charge >= 0.3 is 0 Å². The minimum atomic E-state index is 0.401. The molecule has 1 fully saturated rings. The zero-order valence-corrected chi connectivity index (χ0v) is 11.3. The number of hydrogen-bond acceptors (Lipinski definition) is 3. The summed E-state index contributed by atoms with van der Waals surface area (Å²) < 4.78 is 1.84. The van der Waals surface area contributed by atoms with Crippen LogP contribution in [0.5, 0.6) is 0 Å². The van der Waals surface area contributed by atoms with Crippen LogP contribution < -0.4 is 11.3 Å². The number of hydrazine groups is 1. The monoisotopic (exact) mass is 249 g/mol. The number of nitrogens with zero attached hydrogens (tertiary/aromatic N) is 3. The third kappa shape index (κ3) is 2.90. The Morgan fingerprint density at radius 2 is 2.06 bits per heavy atom. The van der Waals surface area contributed by atoms with E-state index in [9.17, 15) is 0 Å². The summed E-state index contributed by atoms with van der Waals surface area (Å²) in [6.45, 7) is 2.03. The van der Waals surface area contributed by atoms with E-state index in [1.54, 1.807) is 0 Å². The van der Waals surface area contributed by atoms with E-state index in [-0.39, 0.29) is 0 Å². The zero-order valence-electron chi connectivity index (χ0n) is 11.3. The van der Waals surface area contributed by atoms with Gasteiger partial charge in [0.2, 0.25) is 0 Å². The van der Waals surface area contributed by atoms with Crippen LogP contribution in [0.3, 0.4) is 0 Å². The first-order valence-electron chi connectivity index (χ1n) is 6.75. The molecule has 2 rings (SSSR count). The van der Waals surface area contributed by atoms with E-state index < -0.39 is 0 Å². The molecule has 5 nitrogen and oxygen atoms in total. The van der Waals surface area contributed by atoms with Crippen LogP contribution in [0.15, 0.2) is 11.2 Å². The molecular formula is C13H23N5. The number of rotatable bonds is 2. The molecule has 1 aromatic rings. The van der Waals surface area contributed by atoms with Gasteiger partial charge in [-0.15, -0.1) is 0 Å². The van der Waals surface area contributed by atoms with Gasteiger partial charge in [-0.05, 0) is 19.8 Å². The third-order valence-electron chi connectivity index (χ3n) is 3.76. The molecule has 1 aliphatic rings. The minimum Gasteiger partial charge on any atom is -0.308 e. The Hall–Kier alpha value is -1.36. The van der Waals surface area contributed by atoms with Gasteiger partial charge in [-0.2, -0.15) is 5.10 Å². The van der Waals surface area contributed by atoms with Crippen molar-refractivity contribution in [2.24, 2.45) is 17.9 Å². The topological polar surface area (TPSA) is 68.2 Å². The largest absolute Gasteiger partial charge is 0.308 e. The fraction of sp³-hybridized carbons (Fsp3) is 0.692. The van der Waals surface area contributed by atoms with E-state index in [4.69, 9.17) is 10.8 Å². The third-order valence-corrected chi connectivity index (χ3v) is 3.76. The van der Waals surface area contributed by atoms with Gasteiger partial charge in [-0.1, -0.05) is 25.7 Å². The van der Waals surface area contributed by atoms with Gasteiger partial charge in [-0.3, -0.25) is 9.67 Å². The van der Waals surface area contributed by atoms with Gasteiger partial charge in [-0.25, -0.2) is 5.84 Å². The maximum atomic E-state index is 5.62. The molecule has 0 bridgehead atoms. The number of aryl methyl sites for hydroxylation is 1. The summed E-state index contributed by atoms with van der Waals surface area (Å²) >= 11 is 0. The molecule has 1 aliphatic carbocycles. The van der Waals surface area contributed by atoms with E-state index in [1.165, 1.54) is 38.5 Å². The molecule has 100 valence electrons. The van der Waals surface area contributed by atoms with Crippen molar-refractivity contribution >= 4 is 5.84 Å². The molecule has 0 atom stereocenters. The predicted molar refractivity (Wildman–Crippen MR) is 73.3 cm³/mol. The molecule has 3 N–H and O–H groups in total. The maximum Gasteiger partial charge on any atom is 0.146 e. The number of nitrogens with one attached hydrogen (secondary N) is 1. The average Bonchev–Trinajstić information content (AvgIpc) is 2.61. The van der Waals surface area contributed by atoms with Crippen molar-refractivity contribution in [3.05, 3.63) is 17.5 Å². The standard InChI is InChI=1S/C13H23N5/c1-10-12(9-15-18(10)2)13(17-14)16-11-7-5-3-4-6-8-11/h9,11H,3-8,14H2,1-2H3,(H,16,17). The Morgan fingerprint density at radius 3 is 2.56 bits per heavy atom. The Labute approximate surface area is 108 Å². The van der Waals surface area contributed by atoms with E-state index >= 15 is 0 Å². The smallest absolute Gasteiger partial charge is 0.146 e. The molecule has 0 radical (unpaired) electrons. The molecule has 1 saturated carbocycles. The molecule has 1 aromatic heterocycles. The van der Waals surface area contributed by atoms with E-state index in [0.717, 1.165) is 17.1 Å². The molecule has 0 saturated heterocycles. The average molecular weight is 249 g/mol. The Kier molecular flexibility index (Phi) is 4.36. The Morgan fingerprint density at radius 1 is 1.39 bits per heavy atom. The van der Waals surface area contributed by atoms with Crippen LogP contribution in [0.4, 0.5) is 0 Å². The number of aromatic nitrogens is 2. The molecule has 0 spiro atoms. The lowest BCUT2D eigenvalue weighted by Crippen LogP contribution is -2.32. The zero-order chi connectivity index (χ0) is 13.0. The molecule has 0 aliphatic heterocycles. The quantitative estimate of drug-likeness (QED) is 0.275. The second-order valence-corrected chi connectivity index (χ2v) is 5.03. The Bertz CT molecular complexity index is 413. The first-order chi connectivity index (χ1) is 8.72. The number of aliphatic imine (C=N–C) groups is 1. The van der Waals surface area contributed by atoms with Gasteiger partial charge < -0.3 is 5.43 Å². The van der Waals surface area contributed by atoms with E-state index in [2.05, 4.69) is 10.5 Å². The van der Waals surface area contributed by atoms with Crippen molar-refractivity contribution in [3.63, 3.8) is 0 Å². The molecule has 0 aromatic carbocycles. The van der Waals surface area contributed by atoms with Crippen molar-refractivity contribution in [3.8, 4) is 0 Å². The first-order valence-corrected chi connectivity index (χ1v) is 6.75. The van der Waals surface area contributed by atoms with E-state index in [1.807, 2.05) is 24.9 Å². The Balaban J connectivity index is 2.19. The van der Waals surface area contributed by atoms with Crippen LogP contribution in [0.2, 0.25) is 0 Å². The van der Waals surface area contributed by atoms with Crippen LogP contribution in [0.25, 0.3) is 0 Å². The van der Waals surface area contributed by atoms with Gasteiger partial charge in [0.25, 0.3) is 0 Å². The lowest BCUT2D eigenvalue weighted by Gasteiger charge is -2.12. The summed E-state index contributed by atoms with van der Waals surface area (Å²) in [4.78, 5) is 4.79. The molecule has 0 unspecified atom stereocenters. The van der Waals surface area contributed by atoms with Crippen LogP contribution in [-0.4, -0.2) is 21.7 Å². The van der Waals surface area contributed by atoms with Crippen LogP contribution >= 0.6 is 0 Å². The van der Waals surface area contributed by atoms with Crippen LogP contribution in [0.1, 0.15) is 49.8 Å². The molecular weight excluding hydrogens is 226 g/mol. The summed E-state index contributed by atoms with van der Waals surface area (Å²) in [7, 11) is 1.93. The summed E-state index contributed by atoms with van der Waals surface area (Å²) in [6, 6.07) is 0.401. The molecule has 5 heteroatoms. The molecule has 18 heavy (non-hydrogen) atoms. The summed E-state index contributed by atoms with van der Waals surface area (Å²) in [5.41, 5.74) is 4.82. The highest BCUT2D eigenvalue weighted by Crippen LogP contribution is 2.20. The van der Waals surface area contributed by atoms with Gasteiger partial charge in [0.1, 0.15) is 5.84 Å². The number of hydrogen-bond donors (Lipinski definition) is 2. The normalized spacial score (nSPS) is 18.7. The lowest BCUT2D eigenvalue weighted by atomic mass is 10.1. The van der Waals surface area contributed by atoms with Crippen molar-refractivity contribution < 1.29 is 0 Å². The van der Waals surface area contributed by atoms with Crippen molar-refractivity contribution in [1.29, 1.82) is 0 Å². The second kappa shape index (κ2) is 6.00. The summed E-state index contributed by atoms with van der Waals surface area (Å²) in [5, 5.41) is 4.24. The lowest BCUT2D eigenvalue weighted by molar-refractivity contribution is 0.583. The van der Waals surface area contributed by atoms with Gasteiger partial charge in [0.05, 0.1) is 17.8 Å². The fourth-order valence-electron chi connectivity index (χ4n) is 2.49. The van der Waals surface area contributed by atoms with Crippen molar-refractivity contribution in [2.75, 3.05) is 0 Å².